The average Bonchev–Trinajstić information content (AvgIpc) is 1.61. The van der Waals surface area contributed by atoms with Gasteiger partial charge in [0.2, 0.25) is 9.76 Å². The molecule has 0 aromatic heterocycles. The van der Waals surface area contributed by atoms with Crippen LogP contribution in [0.1, 0.15) is 13.3 Å². The molecule has 0 heterocycles. The molecule has 0 aliphatic heterocycles. The lowest BCUT2D eigenvalue weighted by molar-refractivity contribution is 0.657. The Bertz CT molecular complexity index is 20.8. The molecule has 0 aliphatic carbocycles. The van der Waals surface area contributed by atoms with Gasteiger partial charge >= 0.3 is 0 Å². The van der Waals surface area contributed by atoms with Gasteiger partial charge in [0.25, 0.3) is 0 Å². The summed E-state index contributed by atoms with van der Waals surface area (Å²) in [6.45, 7) is 2.17. The molecule has 1 nitrogen and oxygen atoms in total. The fourth-order valence-corrected chi connectivity index (χ4v) is 1.22. The molecule has 2 radical (unpaired) electrons. The first-order valence-electron chi connectivity index (χ1n) is 2.17. The van der Waals surface area contributed by atoms with Crippen molar-refractivity contribution in [1.29, 1.82) is 0 Å². The summed E-state index contributed by atoms with van der Waals surface area (Å²) in [7, 11) is 1.69. The molecule has 0 N–H and O–H groups in total. The molecule has 0 fully saturated rings. The zero-order valence-corrected chi connectivity index (χ0v) is 7.32. The Kier molecular flexibility index (Phi) is 5.75. The van der Waals surface area contributed by atoms with Crippen LogP contribution in [0.5, 0.6) is 0 Å². The third-order valence-electron chi connectivity index (χ3n) is 0.496. The van der Waals surface area contributed by atoms with Gasteiger partial charge in [0, 0.05) is 0 Å². The van der Waals surface area contributed by atoms with Gasteiger partial charge in [-0.25, -0.2) is 0 Å². The van der Waals surface area contributed by atoms with Gasteiger partial charge < -0.3 is 4.12 Å². The van der Waals surface area contributed by atoms with Gasteiger partial charge in [-0.05, 0) is 6.04 Å². The maximum Gasteiger partial charge on any atom is 0.214 e. The predicted molar refractivity (Wildman–Crippen MR) is 31.9 cm³/mol. The van der Waals surface area contributed by atoms with Crippen LogP contribution >= 0.6 is 0 Å². The zero-order chi connectivity index (χ0) is 4.83. The Hall–Kier alpha value is 0.394. The molecule has 0 saturated carbocycles. The monoisotopic (exact) mass is 118 g/mol. The summed E-state index contributed by atoms with van der Waals surface area (Å²) < 4.78 is 4.95. The molecule has 0 aromatic rings. The molecule has 6 heavy (non-hydrogen) atoms. The molecule has 0 spiro atoms. The van der Waals surface area contributed by atoms with Crippen LogP contribution in [0.3, 0.4) is 0 Å². The minimum Gasteiger partial charge on any atom is -0.464 e. The van der Waals surface area contributed by atoms with Crippen molar-refractivity contribution >= 4 is 20.2 Å². The third kappa shape index (κ3) is 4.39. The highest BCUT2D eigenvalue weighted by molar-refractivity contribution is 6.34. The van der Waals surface area contributed by atoms with Crippen LogP contribution in [0.15, 0.2) is 0 Å². The predicted octanol–water partition coefficient (Wildman–Crippen LogP) is -0.269. The van der Waals surface area contributed by atoms with E-state index in [1.54, 1.807) is 0 Å². The lowest BCUT2D eigenvalue weighted by Crippen LogP contribution is -1.90. The molecule has 0 atom stereocenters. The van der Waals surface area contributed by atoms with Crippen molar-refractivity contribution in [3.63, 3.8) is 0 Å². The van der Waals surface area contributed by atoms with Crippen LogP contribution in [0.4, 0.5) is 0 Å². The lowest BCUT2D eigenvalue weighted by Gasteiger charge is -1.86. The topological polar surface area (TPSA) is 9.23 Å². The Labute approximate surface area is 44.6 Å². The molecular formula is C3H10OSi2. The highest BCUT2D eigenvalue weighted by Crippen LogP contribution is 1.82. The highest BCUT2D eigenvalue weighted by atomic mass is 28.3. The summed E-state index contributed by atoms with van der Waals surface area (Å²) >= 11 is 0. The quantitative estimate of drug-likeness (QED) is 0.366. The van der Waals surface area contributed by atoms with Gasteiger partial charge in [-0.2, -0.15) is 0 Å². The summed E-state index contributed by atoms with van der Waals surface area (Å²) in [5, 5.41) is 0. The van der Waals surface area contributed by atoms with Crippen LogP contribution in [-0.2, 0) is 4.12 Å². The minimum atomic E-state index is 0.777. The number of hydrogen-bond donors (Lipinski definition) is 0. The summed E-state index contributed by atoms with van der Waals surface area (Å²) in [5.41, 5.74) is 0. The van der Waals surface area contributed by atoms with E-state index in [1.807, 2.05) is 0 Å². The van der Waals surface area contributed by atoms with E-state index in [2.05, 4.69) is 6.92 Å². The van der Waals surface area contributed by atoms with Crippen LogP contribution < -0.4 is 0 Å². The average molecular weight is 118 g/mol. The maximum absolute atomic E-state index is 4.95. The second-order valence-electron chi connectivity index (χ2n) is 1.10. The molecule has 0 rings (SSSR count). The van der Waals surface area contributed by atoms with E-state index in [0.29, 0.717) is 0 Å². The van der Waals surface area contributed by atoms with E-state index in [0.717, 1.165) is 20.2 Å². The molecule has 0 unspecified atom stereocenters. The molecule has 3 heteroatoms. The highest BCUT2D eigenvalue weighted by Gasteiger charge is 1.78. The Balaban J connectivity index is 2.34. The van der Waals surface area contributed by atoms with E-state index in [9.17, 15) is 0 Å². The maximum atomic E-state index is 4.95. The second-order valence-corrected chi connectivity index (χ2v) is 3.52. The summed E-state index contributed by atoms with van der Waals surface area (Å²) in [6, 6.07) is 1.25. The molecule has 0 saturated heterocycles. The van der Waals surface area contributed by atoms with Gasteiger partial charge in [0.05, 0.1) is 0 Å². The first kappa shape index (κ1) is 6.39. The Morgan fingerprint density at radius 2 is 2.50 bits per heavy atom. The van der Waals surface area contributed by atoms with Crippen molar-refractivity contribution in [3.05, 3.63) is 0 Å². The Morgan fingerprint density at radius 1 is 1.83 bits per heavy atom. The number of hydrogen-bond acceptors (Lipinski definition) is 1. The molecular weight excluding hydrogens is 108 g/mol. The van der Waals surface area contributed by atoms with E-state index in [4.69, 9.17) is 4.12 Å². The fourth-order valence-electron chi connectivity index (χ4n) is 0.204. The van der Waals surface area contributed by atoms with Crippen LogP contribution in [-0.4, -0.2) is 20.2 Å². The molecule has 0 amide bonds. The first-order chi connectivity index (χ1) is 2.91. The Morgan fingerprint density at radius 3 is 2.67 bits per heavy atom. The summed E-state index contributed by atoms with van der Waals surface area (Å²) in [4.78, 5) is 0. The van der Waals surface area contributed by atoms with Crippen molar-refractivity contribution in [2.45, 2.75) is 19.4 Å². The standard InChI is InChI=1S/C3H10OSi2/c1-2-3-6-4-5/h2-3H2,1,5H3. The SMILES string of the molecule is CCC[Si]O[SiH3]. The zero-order valence-electron chi connectivity index (χ0n) is 4.32. The largest absolute Gasteiger partial charge is 0.464 e. The van der Waals surface area contributed by atoms with Crippen molar-refractivity contribution < 1.29 is 4.12 Å². The smallest absolute Gasteiger partial charge is 0.214 e. The van der Waals surface area contributed by atoms with E-state index < -0.39 is 0 Å². The minimum absolute atomic E-state index is 0.777. The fraction of sp³-hybridized carbons (Fsp3) is 1.00. The van der Waals surface area contributed by atoms with Crippen LogP contribution in [0.2, 0.25) is 6.04 Å². The normalized spacial score (nSPS) is 9.50. The van der Waals surface area contributed by atoms with Crippen molar-refractivity contribution in [2.24, 2.45) is 0 Å². The van der Waals surface area contributed by atoms with Crippen molar-refractivity contribution in [2.75, 3.05) is 0 Å². The third-order valence-corrected chi connectivity index (χ3v) is 2.36. The van der Waals surface area contributed by atoms with Gasteiger partial charge in [0.1, 0.15) is 10.5 Å². The van der Waals surface area contributed by atoms with Crippen molar-refractivity contribution in [3.8, 4) is 0 Å². The van der Waals surface area contributed by atoms with Gasteiger partial charge in [0.15, 0.2) is 0 Å². The van der Waals surface area contributed by atoms with Gasteiger partial charge in [-0.3, -0.25) is 0 Å². The van der Waals surface area contributed by atoms with E-state index in [-0.39, 0.29) is 0 Å². The van der Waals surface area contributed by atoms with E-state index >= 15 is 0 Å². The first-order valence-corrected chi connectivity index (χ1v) is 4.10. The van der Waals surface area contributed by atoms with Crippen LogP contribution in [0.25, 0.3) is 0 Å². The van der Waals surface area contributed by atoms with Crippen LogP contribution in [0, 0.1) is 0 Å². The molecule has 36 valence electrons. The van der Waals surface area contributed by atoms with Gasteiger partial charge in [-0.15, -0.1) is 0 Å². The molecule has 0 aromatic carbocycles. The number of rotatable bonds is 3. The lowest BCUT2D eigenvalue weighted by atomic mass is 10.6. The van der Waals surface area contributed by atoms with Crippen molar-refractivity contribution in [1.82, 2.24) is 0 Å². The summed E-state index contributed by atoms with van der Waals surface area (Å²) in [5.74, 6) is 0. The summed E-state index contributed by atoms with van der Waals surface area (Å²) in [6.07, 6.45) is 1.26. The molecule has 0 bridgehead atoms. The second kappa shape index (κ2) is 5.39. The molecule has 0 aliphatic rings. The van der Waals surface area contributed by atoms with E-state index in [1.165, 1.54) is 12.5 Å². The van der Waals surface area contributed by atoms with Gasteiger partial charge in [-0.1, -0.05) is 13.3 Å².